The van der Waals surface area contributed by atoms with Gasteiger partial charge in [-0.15, -0.1) is 0 Å². The first-order valence-corrected chi connectivity index (χ1v) is 6.95. The summed E-state index contributed by atoms with van der Waals surface area (Å²) in [4.78, 5) is 13.5. The van der Waals surface area contributed by atoms with Gasteiger partial charge in [0.25, 0.3) is 0 Å². The van der Waals surface area contributed by atoms with Crippen LogP contribution in [0.2, 0.25) is 5.02 Å². The summed E-state index contributed by atoms with van der Waals surface area (Å²) in [5.74, 6) is 0.526. The minimum Gasteiger partial charge on any atom is -0.456 e. The molecule has 1 aliphatic heterocycles. The number of halogens is 1. The Hall–Kier alpha value is -1.48. The average Bonchev–Trinajstić information content (AvgIpc) is 3.08. The molecule has 0 aromatic heterocycles. The lowest BCUT2D eigenvalue weighted by molar-refractivity contribution is -0.135. The number of esters is 1. The largest absolute Gasteiger partial charge is 0.456 e. The smallest absolute Gasteiger partial charge is 0.333 e. The van der Waals surface area contributed by atoms with Crippen LogP contribution in [0.4, 0.5) is 0 Å². The molecule has 1 aromatic carbocycles. The topological polar surface area (TPSA) is 29.5 Å². The standard InChI is InChI=1S/C15H16ClNO2/c16-13-3-1-2-12(6-13)9-17(8-11-4-5-11)14-7-15(18)19-10-14/h1-3,6-7,11H,4-5,8-10H2. The van der Waals surface area contributed by atoms with Gasteiger partial charge in [0.15, 0.2) is 0 Å². The van der Waals surface area contributed by atoms with E-state index in [9.17, 15) is 4.79 Å². The number of cyclic esters (lactones) is 1. The first kappa shape index (κ1) is 12.5. The third-order valence-electron chi connectivity index (χ3n) is 3.49. The number of benzene rings is 1. The Kier molecular flexibility index (Phi) is 3.47. The summed E-state index contributed by atoms with van der Waals surface area (Å²) < 4.78 is 5.01. The molecule has 0 unspecified atom stereocenters. The summed E-state index contributed by atoms with van der Waals surface area (Å²) in [6, 6.07) is 7.86. The fourth-order valence-electron chi connectivity index (χ4n) is 2.30. The zero-order valence-corrected chi connectivity index (χ0v) is 11.4. The quantitative estimate of drug-likeness (QED) is 0.775. The van der Waals surface area contributed by atoms with Crippen molar-refractivity contribution in [1.29, 1.82) is 0 Å². The highest BCUT2D eigenvalue weighted by atomic mass is 35.5. The van der Waals surface area contributed by atoms with E-state index in [1.807, 2.05) is 18.2 Å². The van der Waals surface area contributed by atoms with Gasteiger partial charge < -0.3 is 9.64 Å². The van der Waals surface area contributed by atoms with Crippen molar-refractivity contribution in [3.8, 4) is 0 Å². The molecule has 1 aromatic rings. The Morgan fingerprint density at radius 1 is 1.37 bits per heavy atom. The zero-order chi connectivity index (χ0) is 13.2. The molecule has 0 amide bonds. The number of rotatable bonds is 5. The van der Waals surface area contributed by atoms with Crippen LogP contribution in [-0.4, -0.2) is 24.0 Å². The van der Waals surface area contributed by atoms with E-state index in [0.717, 1.165) is 35.3 Å². The van der Waals surface area contributed by atoms with Gasteiger partial charge >= 0.3 is 5.97 Å². The highest BCUT2D eigenvalue weighted by Crippen LogP contribution is 2.32. The molecule has 2 aliphatic rings. The monoisotopic (exact) mass is 277 g/mol. The second-order valence-corrected chi connectivity index (χ2v) is 5.63. The van der Waals surface area contributed by atoms with Crippen molar-refractivity contribution in [1.82, 2.24) is 4.90 Å². The Bertz CT molecular complexity index is 523. The Balaban J connectivity index is 1.75. The molecule has 0 radical (unpaired) electrons. The van der Waals surface area contributed by atoms with Gasteiger partial charge in [-0.25, -0.2) is 4.79 Å². The third-order valence-corrected chi connectivity index (χ3v) is 3.73. The van der Waals surface area contributed by atoms with Crippen LogP contribution in [0.3, 0.4) is 0 Å². The van der Waals surface area contributed by atoms with Crippen molar-refractivity contribution in [2.75, 3.05) is 13.2 Å². The van der Waals surface area contributed by atoms with Crippen molar-refractivity contribution >= 4 is 17.6 Å². The second kappa shape index (κ2) is 5.25. The first-order valence-electron chi connectivity index (χ1n) is 6.57. The van der Waals surface area contributed by atoms with E-state index in [2.05, 4.69) is 11.0 Å². The minimum atomic E-state index is -0.234. The molecule has 1 aliphatic carbocycles. The SMILES string of the molecule is O=C1C=C(N(Cc2cccc(Cl)c2)CC2CC2)CO1. The molecule has 0 atom stereocenters. The lowest BCUT2D eigenvalue weighted by Gasteiger charge is -2.25. The molecule has 3 rings (SSSR count). The van der Waals surface area contributed by atoms with Crippen molar-refractivity contribution in [2.45, 2.75) is 19.4 Å². The van der Waals surface area contributed by atoms with Crippen molar-refractivity contribution in [2.24, 2.45) is 5.92 Å². The lowest BCUT2D eigenvalue weighted by atomic mass is 10.2. The van der Waals surface area contributed by atoms with Crippen LogP contribution < -0.4 is 0 Å². The molecule has 0 saturated heterocycles. The highest BCUT2D eigenvalue weighted by Gasteiger charge is 2.27. The minimum absolute atomic E-state index is 0.234. The van der Waals surface area contributed by atoms with Crippen LogP contribution in [0.15, 0.2) is 36.0 Å². The molecule has 19 heavy (non-hydrogen) atoms. The molecule has 0 spiro atoms. The predicted molar refractivity (Wildman–Crippen MR) is 73.6 cm³/mol. The lowest BCUT2D eigenvalue weighted by Crippen LogP contribution is -2.25. The second-order valence-electron chi connectivity index (χ2n) is 5.20. The molecule has 4 heteroatoms. The van der Waals surface area contributed by atoms with E-state index < -0.39 is 0 Å². The molecule has 1 heterocycles. The molecule has 100 valence electrons. The van der Waals surface area contributed by atoms with Crippen LogP contribution in [0, 0.1) is 5.92 Å². The van der Waals surface area contributed by atoms with Gasteiger partial charge in [-0.2, -0.15) is 0 Å². The summed E-state index contributed by atoms with van der Waals surface area (Å²) >= 11 is 6.02. The maximum absolute atomic E-state index is 11.2. The predicted octanol–water partition coefficient (Wildman–Crippen LogP) is 2.99. The van der Waals surface area contributed by atoms with Crippen LogP contribution >= 0.6 is 11.6 Å². The number of nitrogens with zero attached hydrogens (tertiary/aromatic N) is 1. The maximum atomic E-state index is 11.2. The van der Waals surface area contributed by atoms with Gasteiger partial charge in [0.2, 0.25) is 0 Å². The van der Waals surface area contributed by atoms with Crippen LogP contribution in [0.1, 0.15) is 18.4 Å². The van der Waals surface area contributed by atoms with E-state index in [0.29, 0.717) is 6.61 Å². The molecular weight excluding hydrogens is 262 g/mol. The van der Waals surface area contributed by atoms with E-state index in [1.165, 1.54) is 12.8 Å². The Morgan fingerprint density at radius 2 is 2.21 bits per heavy atom. The number of hydrogen-bond donors (Lipinski definition) is 0. The fourth-order valence-corrected chi connectivity index (χ4v) is 2.51. The highest BCUT2D eigenvalue weighted by molar-refractivity contribution is 6.30. The van der Waals surface area contributed by atoms with Crippen molar-refractivity contribution < 1.29 is 9.53 Å². The molecule has 1 saturated carbocycles. The van der Waals surface area contributed by atoms with Gasteiger partial charge in [0.05, 0.1) is 5.70 Å². The van der Waals surface area contributed by atoms with Crippen molar-refractivity contribution in [3.63, 3.8) is 0 Å². The molecule has 0 N–H and O–H groups in total. The normalized spacial score (nSPS) is 18.2. The number of carbonyl (C=O) groups excluding carboxylic acids is 1. The van der Waals surface area contributed by atoms with E-state index >= 15 is 0 Å². The van der Waals surface area contributed by atoms with Crippen LogP contribution in [-0.2, 0) is 16.1 Å². The van der Waals surface area contributed by atoms with Gasteiger partial charge in [-0.3, -0.25) is 0 Å². The number of carbonyl (C=O) groups is 1. The fraction of sp³-hybridized carbons (Fsp3) is 0.400. The van der Waals surface area contributed by atoms with Crippen LogP contribution in [0.25, 0.3) is 0 Å². The Morgan fingerprint density at radius 3 is 2.84 bits per heavy atom. The van der Waals surface area contributed by atoms with Gasteiger partial charge in [-0.1, -0.05) is 23.7 Å². The maximum Gasteiger partial charge on any atom is 0.333 e. The van der Waals surface area contributed by atoms with E-state index in [1.54, 1.807) is 6.08 Å². The molecular formula is C15H16ClNO2. The van der Waals surface area contributed by atoms with Gasteiger partial charge in [-0.05, 0) is 36.5 Å². The number of hydrogen-bond acceptors (Lipinski definition) is 3. The van der Waals surface area contributed by atoms with E-state index in [4.69, 9.17) is 16.3 Å². The summed E-state index contributed by atoms with van der Waals surface area (Å²) in [5.41, 5.74) is 2.14. The third kappa shape index (κ3) is 3.29. The van der Waals surface area contributed by atoms with Crippen LogP contribution in [0.5, 0.6) is 0 Å². The molecule has 3 nitrogen and oxygen atoms in total. The molecule has 1 fully saturated rings. The summed E-state index contributed by atoms with van der Waals surface area (Å²) in [5, 5.41) is 0.747. The summed E-state index contributed by atoms with van der Waals surface area (Å²) in [6.07, 6.45) is 4.18. The van der Waals surface area contributed by atoms with Gasteiger partial charge in [0.1, 0.15) is 6.61 Å². The summed E-state index contributed by atoms with van der Waals surface area (Å²) in [6.45, 7) is 2.17. The van der Waals surface area contributed by atoms with E-state index in [-0.39, 0.29) is 5.97 Å². The molecule has 0 bridgehead atoms. The summed E-state index contributed by atoms with van der Waals surface area (Å²) in [7, 11) is 0. The van der Waals surface area contributed by atoms with Crippen molar-refractivity contribution in [3.05, 3.63) is 46.6 Å². The average molecular weight is 278 g/mol. The Labute approximate surface area is 117 Å². The first-order chi connectivity index (χ1) is 9.20. The van der Waals surface area contributed by atoms with Gasteiger partial charge in [0, 0.05) is 24.2 Å². The zero-order valence-electron chi connectivity index (χ0n) is 10.6. The number of ether oxygens (including phenoxy) is 1.